The SMILES string of the molecule is CCN(CC)c1ccc(N=C2NC(=O)C(=Cc3ccc(-c4ccccc4[N+](=O)[O-])o3)S2)cc1. The predicted octanol–water partition coefficient (Wildman–Crippen LogP) is 5.59. The Morgan fingerprint density at radius 2 is 1.82 bits per heavy atom. The third kappa shape index (κ3) is 4.98. The molecule has 1 fully saturated rings. The number of rotatable bonds is 7. The van der Waals surface area contributed by atoms with Crippen LogP contribution in [-0.4, -0.2) is 29.1 Å². The van der Waals surface area contributed by atoms with Crippen molar-refractivity contribution in [1.82, 2.24) is 5.32 Å². The van der Waals surface area contributed by atoms with Crippen LogP contribution in [0.1, 0.15) is 19.6 Å². The molecule has 2 aromatic carbocycles. The van der Waals surface area contributed by atoms with Crippen molar-refractivity contribution in [2.75, 3.05) is 18.0 Å². The van der Waals surface area contributed by atoms with Crippen LogP contribution in [0.5, 0.6) is 0 Å². The first-order valence-corrected chi connectivity index (χ1v) is 11.3. The number of amidine groups is 1. The van der Waals surface area contributed by atoms with Crippen molar-refractivity contribution in [1.29, 1.82) is 0 Å². The lowest BCUT2D eigenvalue weighted by Crippen LogP contribution is -2.21. The minimum absolute atomic E-state index is 0.0412. The molecule has 8 nitrogen and oxygen atoms in total. The number of amides is 1. The van der Waals surface area contributed by atoms with Gasteiger partial charge in [0.25, 0.3) is 11.6 Å². The van der Waals surface area contributed by atoms with Crippen LogP contribution in [0.25, 0.3) is 17.4 Å². The number of nitro groups is 1. The minimum atomic E-state index is -0.451. The van der Waals surface area contributed by atoms with Gasteiger partial charge in [-0.2, -0.15) is 0 Å². The number of benzene rings is 2. The predicted molar refractivity (Wildman–Crippen MR) is 132 cm³/mol. The topological polar surface area (TPSA) is 101 Å². The third-order valence-corrected chi connectivity index (χ3v) is 6.04. The van der Waals surface area contributed by atoms with Crippen LogP contribution in [0.2, 0.25) is 0 Å². The molecule has 0 bridgehead atoms. The number of hydrogen-bond acceptors (Lipinski definition) is 7. The van der Waals surface area contributed by atoms with Crippen molar-refractivity contribution in [2.24, 2.45) is 4.99 Å². The standard InChI is InChI=1S/C24H22N4O4S/c1-3-27(4-2)17-11-9-16(10-12-17)25-24-26-23(29)22(33-24)15-18-13-14-21(32-18)19-7-5-6-8-20(19)28(30)31/h5-15H,3-4H2,1-2H3,(H,25,26,29). The molecule has 1 amide bonds. The van der Waals surface area contributed by atoms with Crippen LogP contribution in [0.4, 0.5) is 17.1 Å². The molecule has 9 heteroatoms. The number of thioether (sulfide) groups is 1. The van der Waals surface area contributed by atoms with Crippen molar-refractivity contribution in [2.45, 2.75) is 13.8 Å². The quantitative estimate of drug-likeness (QED) is 0.279. The third-order valence-electron chi connectivity index (χ3n) is 5.13. The maximum absolute atomic E-state index is 12.4. The number of furan rings is 1. The van der Waals surface area contributed by atoms with E-state index in [4.69, 9.17) is 4.42 Å². The number of para-hydroxylation sites is 1. The lowest BCUT2D eigenvalue weighted by Gasteiger charge is -2.20. The smallest absolute Gasteiger partial charge is 0.280 e. The lowest BCUT2D eigenvalue weighted by atomic mass is 10.1. The zero-order valence-electron chi connectivity index (χ0n) is 18.1. The van der Waals surface area contributed by atoms with Gasteiger partial charge in [-0.1, -0.05) is 12.1 Å². The normalized spacial score (nSPS) is 15.8. The van der Waals surface area contributed by atoms with Crippen molar-refractivity contribution >= 4 is 46.0 Å². The molecule has 1 aromatic heterocycles. The average Bonchev–Trinajstić information content (AvgIpc) is 3.42. The fourth-order valence-corrected chi connectivity index (χ4v) is 4.29. The molecule has 0 unspecified atom stereocenters. The van der Waals surface area contributed by atoms with Gasteiger partial charge < -0.3 is 14.6 Å². The van der Waals surface area contributed by atoms with Crippen LogP contribution in [0.3, 0.4) is 0 Å². The molecule has 0 aliphatic carbocycles. The first-order valence-electron chi connectivity index (χ1n) is 10.5. The van der Waals surface area contributed by atoms with Gasteiger partial charge in [0, 0.05) is 30.9 Å². The van der Waals surface area contributed by atoms with E-state index < -0.39 is 4.92 Å². The van der Waals surface area contributed by atoms with Gasteiger partial charge >= 0.3 is 0 Å². The maximum atomic E-state index is 12.4. The number of nitrogens with one attached hydrogen (secondary N) is 1. The molecule has 1 saturated heterocycles. The molecule has 4 rings (SSSR count). The second-order valence-corrected chi connectivity index (χ2v) is 8.18. The highest BCUT2D eigenvalue weighted by atomic mass is 32.2. The van der Waals surface area contributed by atoms with Crippen molar-refractivity contribution in [3.05, 3.63) is 81.4 Å². The number of hydrogen-bond donors (Lipinski definition) is 1. The fraction of sp³-hybridized carbons (Fsp3) is 0.167. The van der Waals surface area contributed by atoms with E-state index in [1.165, 1.54) is 17.8 Å². The molecule has 3 aromatic rings. The summed E-state index contributed by atoms with van der Waals surface area (Å²) in [7, 11) is 0. The summed E-state index contributed by atoms with van der Waals surface area (Å²) in [5.74, 6) is 0.507. The van der Waals surface area contributed by atoms with Gasteiger partial charge in [-0.3, -0.25) is 14.9 Å². The van der Waals surface area contributed by atoms with Crippen LogP contribution >= 0.6 is 11.8 Å². The number of nitro benzene ring substituents is 1. The molecule has 33 heavy (non-hydrogen) atoms. The lowest BCUT2D eigenvalue weighted by molar-refractivity contribution is -0.384. The molecule has 2 heterocycles. The van der Waals surface area contributed by atoms with Crippen LogP contribution in [0.15, 0.2) is 75.0 Å². The van der Waals surface area contributed by atoms with E-state index in [0.29, 0.717) is 27.2 Å². The highest BCUT2D eigenvalue weighted by molar-refractivity contribution is 8.18. The van der Waals surface area contributed by atoms with E-state index >= 15 is 0 Å². The van der Waals surface area contributed by atoms with Crippen molar-refractivity contribution < 1.29 is 14.1 Å². The van der Waals surface area contributed by atoms with E-state index in [-0.39, 0.29) is 11.6 Å². The van der Waals surface area contributed by atoms with E-state index in [1.807, 2.05) is 24.3 Å². The number of carbonyl (C=O) groups excluding carboxylic acids is 1. The average molecular weight is 463 g/mol. The Bertz CT molecular complexity index is 1240. The van der Waals surface area contributed by atoms with Gasteiger partial charge in [0.1, 0.15) is 11.5 Å². The van der Waals surface area contributed by atoms with Crippen LogP contribution in [-0.2, 0) is 4.79 Å². The molecule has 1 aliphatic heterocycles. The zero-order chi connectivity index (χ0) is 23.4. The van der Waals surface area contributed by atoms with E-state index in [2.05, 4.69) is 29.1 Å². The van der Waals surface area contributed by atoms with Crippen molar-refractivity contribution in [3.8, 4) is 11.3 Å². The summed E-state index contributed by atoms with van der Waals surface area (Å²) < 4.78 is 5.76. The summed E-state index contributed by atoms with van der Waals surface area (Å²) in [5, 5.41) is 14.5. The number of carbonyl (C=O) groups is 1. The molecular weight excluding hydrogens is 440 g/mol. The van der Waals surface area contributed by atoms with Gasteiger partial charge in [0.15, 0.2) is 5.17 Å². The Kier molecular flexibility index (Phi) is 6.60. The number of aliphatic imine (C=N–C) groups is 1. The van der Waals surface area contributed by atoms with Gasteiger partial charge in [-0.25, -0.2) is 4.99 Å². The van der Waals surface area contributed by atoms with Crippen LogP contribution < -0.4 is 10.2 Å². The van der Waals surface area contributed by atoms with E-state index in [0.717, 1.165) is 24.5 Å². The van der Waals surface area contributed by atoms with E-state index in [1.54, 1.807) is 36.4 Å². The van der Waals surface area contributed by atoms with Gasteiger partial charge in [-0.05, 0) is 68.1 Å². The summed E-state index contributed by atoms with van der Waals surface area (Å²) in [4.78, 5) is 30.4. The molecular formula is C24H22N4O4S. The second-order valence-electron chi connectivity index (χ2n) is 7.15. The van der Waals surface area contributed by atoms with Gasteiger partial charge in [-0.15, -0.1) is 0 Å². The monoisotopic (exact) mass is 462 g/mol. The molecule has 0 spiro atoms. The van der Waals surface area contributed by atoms with E-state index in [9.17, 15) is 14.9 Å². The Hall–Kier alpha value is -3.85. The molecule has 168 valence electrons. The highest BCUT2D eigenvalue weighted by Gasteiger charge is 2.25. The molecule has 0 radical (unpaired) electrons. The highest BCUT2D eigenvalue weighted by Crippen LogP contribution is 2.33. The number of anilines is 1. The Morgan fingerprint density at radius 3 is 2.52 bits per heavy atom. The van der Waals surface area contributed by atoms with Gasteiger partial charge in [0.05, 0.1) is 21.1 Å². The minimum Gasteiger partial charge on any atom is -0.456 e. The molecule has 0 atom stereocenters. The van der Waals surface area contributed by atoms with Crippen LogP contribution in [0, 0.1) is 10.1 Å². The first kappa shape index (κ1) is 22.3. The summed E-state index contributed by atoms with van der Waals surface area (Å²) in [6.07, 6.45) is 1.60. The summed E-state index contributed by atoms with van der Waals surface area (Å²) >= 11 is 1.21. The Balaban J connectivity index is 1.51. The van der Waals surface area contributed by atoms with Crippen molar-refractivity contribution in [3.63, 3.8) is 0 Å². The molecule has 1 N–H and O–H groups in total. The number of nitrogens with zero attached hydrogens (tertiary/aromatic N) is 3. The molecule has 1 aliphatic rings. The summed E-state index contributed by atoms with van der Waals surface area (Å²) in [5.41, 5.74) is 2.21. The Morgan fingerprint density at radius 1 is 1.09 bits per heavy atom. The van der Waals surface area contributed by atoms with Gasteiger partial charge in [0.2, 0.25) is 0 Å². The zero-order valence-corrected chi connectivity index (χ0v) is 19.0. The molecule has 0 saturated carbocycles. The maximum Gasteiger partial charge on any atom is 0.280 e. The fourth-order valence-electron chi connectivity index (χ4n) is 3.47. The first-order chi connectivity index (χ1) is 16.0. The summed E-state index contributed by atoms with van der Waals surface area (Å²) in [6, 6.07) is 17.5. The largest absolute Gasteiger partial charge is 0.456 e. The second kappa shape index (κ2) is 9.74. The Labute approximate surface area is 195 Å². The summed E-state index contributed by atoms with van der Waals surface area (Å²) in [6.45, 7) is 6.08.